The van der Waals surface area contributed by atoms with Crippen LogP contribution in [0, 0.1) is 17.3 Å². The van der Waals surface area contributed by atoms with E-state index in [1.165, 1.54) is 0 Å². The number of hydrogen-bond donors (Lipinski definition) is 2. The topological polar surface area (TPSA) is 44.9 Å². The normalized spacial score (nSPS) is 10.9. The third-order valence-corrected chi connectivity index (χ3v) is 2.62. The quantitative estimate of drug-likeness (QED) is 0.795. The van der Waals surface area contributed by atoms with Crippen LogP contribution in [0.4, 0.5) is 0 Å². The molecule has 98 valence electrons. The van der Waals surface area contributed by atoms with E-state index in [2.05, 4.69) is 22.1 Å². The molecular formula is C16H18N2O. The second kappa shape index (κ2) is 5.19. The van der Waals surface area contributed by atoms with Gasteiger partial charge >= 0.3 is 0 Å². The van der Waals surface area contributed by atoms with Crippen LogP contribution in [0.3, 0.4) is 0 Å². The first-order chi connectivity index (χ1) is 8.96. The fourth-order valence-electron chi connectivity index (χ4n) is 1.73. The number of amides is 1. The smallest absolute Gasteiger partial charge is 0.252 e. The number of nitrogens with one attached hydrogen (secondary N) is 2. The van der Waals surface area contributed by atoms with E-state index < -0.39 is 0 Å². The Bertz CT molecular complexity index is 650. The molecule has 1 heterocycles. The molecule has 0 atom stereocenters. The molecule has 0 saturated carbocycles. The molecule has 0 fully saturated rings. The maximum Gasteiger partial charge on any atom is 0.252 e. The fourth-order valence-corrected chi connectivity index (χ4v) is 1.73. The monoisotopic (exact) mass is 254 g/mol. The van der Waals surface area contributed by atoms with Crippen molar-refractivity contribution in [3.05, 3.63) is 36.0 Å². The van der Waals surface area contributed by atoms with Crippen LogP contribution in [0.25, 0.3) is 10.9 Å². The van der Waals surface area contributed by atoms with Crippen molar-refractivity contribution < 1.29 is 4.79 Å². The zero-order valence-electron chi connectivity index (χ0n) is 11.5. The molecule has 0 radical (unpaired) electrons. The summed E-state index contributed by atoms with van der Waals surface area (Å²) in [5, 5.41) is 3.84. The van der Waals surface area contributed by atoms with Gasteiger partial charge in [0.1, 0.15) is 0 Å². The number of benzene rings is 1. The summed E-state index contributed by atoms with van der Waals surface area (Å²) in [4.78, 5) is 15.0. The SMILES string of the molecule is CC(C)(C)C#CCNC(=O)c1ccc2[nH]ccc2c1. The van der Waals surface area contributed by atoms with Gasteiger partial charge in [-0.25, -0.2) is 0 Å². The number of fused-ring (bicyclic) bond motifs is 1. The predicted octanol–water partition coefficient (Wildman–Crippen LogP) is 2.95. The molecule has 2 rings (SSSR count). The molecule has 2 aromatic rings. The number of aromatic nitrogens is 1. The van der Waals surface area contributed by atoms with Gasteiger partial charge in [-0.2, -0.15) is 0 Å². The Morgan fingerprint density at radius 3 is 2.84 bits per heavy atom. The van der Waals surface area contributed by atoms with E-state index in [-0.39, 0.29) is 11.3 Å². The summed E-state index contributed by atoms with van der Waals surface area (Å²) in [7, 11) is 0. The number of carbonyl (C=O) groups excluding carboxylic acids is 1. The Kier molecular flexibility index (Phi) is 3.62. The highest BCUT2D eigenvalue weighted by Gasteiger charge is 2.06. The molecule has 3 nitrogen and oxygen atoms in total. The van der Waals surface area contributed by atoms with E-state index >= 15 is 0 Å². The molecular weight excluding hydrogens is 236 g/mol. The van der Waals surface area contributed by atoms with Crippen LogP contribution in [0.2, 0.25) is 0 Å². The van der Waals surface area contributed by atoms with Gasteiger partial charge in [0.05, 0.1) is 6.54 Å². The van der Waals surface area contributed by atoms with Crippen molar-refractivity contribution in [1.82, 2.24) is 10.3 Å². The molecule has 0 spiro atoms. The number of H-pyrrole nitrogens is 1. The van der Waals surface area contributed by atoms with Gasteiger partial charge in [0.15, 0.2) is 0 Å². The average molecular weight is 254 g/mol. The second-order valence-electron chi connectivity index (χ2n) is 5.51. The lowest BCUT2D eigenvalue weighted by atomic mass is 9.98. The summed E-state index contributed by atoms with van der Waals surface area (Å²) in [6, 6.07) is 7.54. The second-order valence-corrected chi connectivity index (χ2v) is 5.51. The summed E-state index contributed by atoms with van der Waals surface area (Å²) >= 11 is 0. The van der Waals surface area contributed by atoms with E-state index in [0.717, 1.165) is 10.9 Å². The molecule has 1 aromatic heterocycles. The van der Waals surface area contributed by atoms with Crippen LogP contribution < -0.4 is 5.32 Å². The number of hydrogen-bond acceptors (Lipinski definition) is 1. The highest BCUT2D eigenvalue weighted by molar-refractivity contribution is 5.98. The van der Waals surface area contributed by atoms with E-state index in [9.17, 15) is 4.79 Å². The van der Waals surface area contributed by atoms with Crippen molar-refractivity contribution >= 4 is 16.8 Å². The summed E-state index contributed by atoms with van der Waals surface area (Å²) in [6.07, 6.45) is 1.86. The predicted molar refractivity (Wildman–Crippen MR) is 77.9 cm³/mol. The minimum absolute atomic E-state index is 0.0330. The average Bonchev–Trinajstić information content (AvgIpc) is 2.80. The number of rotatable bonds is 2. The van der Waals surface area contributed by atoms with Crippen LogP contribution in [-0.4, -0.2) is 17.4 Å². The molecule has 1 aromatic carbocycles. The summed E-state index contributed by atoms with van der Waals surface area (Å²) in [6.45, 7) is 6.51. The molecule has 0 bridgehead atoms. The lowest BCUT2D eigenvalue weighted by Crippen LogP contribution is -2.23. The summed E-state index contributed by atoms with van der Waals surface area (Å²) in [5.41, 5.74) is 1.66. The molecule has 0 saturated heterocycles. The highest BCUT2D eigenvalue weighted by atomic mass is 16.1. The first-order valence-corrected chi connectivity index (χ1v) is 6.31. The third kappa shape index (κ3) is 3.62. The van der Waals surface area contributed by atoms with Crippen molar-refractivity contribution in [3.63, 3.8) is 0 Å². The van der Waals surface area contributed by atoms with E-state index in [0.29, 0.717) is 12.1 Å². The molecule has 0 aliphatic carbocycles. The lowest BCUT2D eigenvalue weighted by Gasteiger charge is -2.07. The minimum atomic E-state index is -0.0914. The molecule has 1 amide bonds. The van der Waals surface area contributed by atoms with Crippen LogP contribution in [0.15, 0.2) is 30.5 Å². The Hall–Kier alpha value is -2.21. The largest absolute Gasteiger partial charge is 0.361 e. The van der Waals surface area contributed by atoms with Crippen LogP contribution in [0.1, 0.15) is 31.1 Å². The molecule has 3 heteroatoms. The van der Waals surface area contributed by atoms with Gasteiger partial charge < -0.3 is 10.3 Å². The van der Waals surface area contributed by atoms with Crippen molar-refractivity contribution in [2.45, 2.75) is 20.8 Å². The van der Waals surface area contributed by atoms with Crippen LogP contribution >= 0.6 is 0 Å². The Labute approximate surface area is 113 Å². The van der Waals surface area contributed by atoms with Gasteiger partial charge in [0.25, 0.3) is 5.91 Å². The Morgan fingerprint density at radius 1 is 1.32 bits per heavy atom. The minimum Gasteiger partial charge on any atom is -0.361 e. The van der Waals surface area contributed by atoms with Crippen LogP contribution in [0.5, 0.6) is 0 Å². The van der Waals surface area contributed by atoms with Crippen LogP contribution in [-0.2, 0) is 0 Å². The molecule has 0 aliphatic rings. The van der Waals surface area contributed by atoms with Gasteiger partial charge in [0, 0.05) is 28.1 Å². The van der Waals surface area contributed by atoms with E-state index in [1.54, 1.807) is 0 Å². The summed E-state index contributed by atoms with van der Waals surface area (Å²) in [5.74, 6) is 5.96. The highest BCUT2D eigenvalue weighted by Crippen LogP contribution is 2.14. The fraction of sp³-hybridized carbons (Fsp3) is 0.312. The van der Waals surface area contributed by atoms with Gasteiger partial charge in [-0.1, -0.05) is 11.8 Å². The maximum absolute atomic E-state index is 11.9. The maximum atomic E-state index is 11.9. The standard InChI is InChI=1S/C16H18N2O/c1-16(2,3)8-4-9-18-15(19)13-5-6-14-12(11-13)7-10-17-14/h5-7,10-11,17H,9H2,1-3H3,(H,18,19). The van der Waals surface area contributed by atoms with Gasteiger partial charge in [-0.15, -0.1) is 0 Å². The van der Waals surface area contributed by atoms with E-state index in [1.807, 2.05) is 51.2 Å². The number of aromatic amines is 1. The van der Waals surface area contributed by atoms with Gasteiger partial charge in [0.2, 0.25) is 0 Å². The molecule has 0 aliphatic heterocycles. The third-order valence-electron chi connectivity index (χ3n) is 2.62. The summed E-state index contributed by atoms with van der Waals surface area (Å²) < 4.78 is 0. The Morgan fingerprint density at radius 2 is 2.11 bits per heavy atom. The molecule has 2 N–H and O–H groups in total. The van der Waals surface area contributed by atoms with Crippen molar-refractivity contribution in [1.29, 1.82) is 0 Å². The zero-order valence-corrected chi connectivity index (χ0v) is 11.5. The van der Waals surface area contributed by atoms with Crippen molar-refractivity contribution in [2.24, 2.45) is 5.41 Å². The van der Waals surface area contributed by atoms with Gasteiger partial charge in [-0.3, -0.25) is 4.79 Å². The number of carbonyl (C=O) groups is 1. The first-order valence-electron chi connectivity index (χ1n) is 6.31. The van der Waals surface area contributed by atoms with E-state index in [4.69, 9.17) is 0 Å². The first kappa shape index (κ1) is 13.2. The van der Waals surface area contributed by atoms with Crippen molar-refractivity contribution in [3.8, 4) is 11.8 Å². The lowest BCUT2D eigenvalue weighted by molar-refractivity contribution is 0.0959. The van der Waals surface area contributed by atoms with Gasteiger partial charge in [-0.05, 0) is 45.0 Å². The molecule has 19 heavy (non-hydrogen) atoms. The molecule has 0 unspecified atom stereocenters. The Balaban J connectivity index is 2.01. The zero-order chi connectivity index (χ0) is 13.9. The van der Waals surface area contributed by atoms with Crippen molar-refractivity contribution in [2.75, 3.05) is 6.54 Å².